The molecule has 2 aromatic rings. The van der Waals surface area contributed by atoms with E-state index in [0.717, 1.165) is 28.9 Å². The van der Waals surface area contributed by atoms with E-state index in [2.05, 4.69) is 5.32 Å². The van der Waals surface area contributed by atoms with Gasteiger partial charge in [0.25, 0.3) is 0 Å². The first-order valence-electron chi connectivity index (χ1n) is 8.93. The van der Waals surface area contributed by atoms with Crippen molar-refractivity contribution in [3.8, 4) is 0 Å². The normalized spacial score (nSPS) is 17.0. The van der Waals surface area contributed by atoms with Gasteiger partial charge < -0.3 is 10.2 Å². The van der Waals surface area contributed by atoms with Crippen LogP contribution in [0.15, 0.2) is 59.5 Å². The molecule has 1 aliphatic heterocycles. The fourth-order valence-electron chi connectivity index (χ4n) is 3.33. The molecule has 26 heavy (non-hydrogen) atoms. The second-order valence-electron chi connectivity index (χ2n) is 6.49. The predicted octanol–water partition coefficient (Wildman–Crippen LogP) is 4.21. The number of likely N-dealkylation sites (tertiary alicyclic amines) is 1. The minimum Gasteiger partial charge on any atom is -0.334 e. The summed E-state index contributed by atoms with van der Waals surface area (Å²) in [4.78, 5) is 28.2. The van der Waals surface area contributed by atoms with Crippen molar-refractivity contribution in [2.75, 3.05) is 19.3 Å². The highest BCUT2D eigenvalue weighted by Gasteiger charge is 2.29. The molecule has 1 N–H and O–H groups in total. The second-order valence-corrected chi connectivity index (χ2v) is 7.34. The molecule has 136 valence electrons. The first kappa shape index (κ1) is 18.5. The van der Waals surface area contributed by atoms with Crippen LogP contribution in [-0.2, 0) is 6.54 Å². The lowest BCUT2D eigenvalue weighted by molar-refractivity contribution is 0.0842. The molecule has 1 fully saturated rings. The Bertz CT molecular complexity index is 764. The van der Waals surface area contributed by atoms with Crippen molar-refractivity contribution in [2.24, 2.45) is 5.92 Å². The van der Waals surface area contributed by atoms with E-state index in [9.17, 15) is 9.59 Å². The first-order valence-corrected chi connectivity index (χ1v) is 10.2. The molecular weight excluding hydrogens is 344 g/mol. The van der Waals surface area contributed by atoms with Gasteiger partial charge in [0, 0.05) is 36.0 Å². The molecule has 1 saturated heterocycles. The van der Waals surface area contributed by atoms with Gasteiger partial charge >= 0.3 is 6.03 Å². The third-order valence-corrected chi connectivity index (χ3v) is 5.53. The van der Waals surface area contributed by atoms with E-state index in [4.69, 9.17) is 0 Å². The van der Waals surface area contributed by atoms with Crippen LogP contribution in [-0.4, -0.2) is 36.1 Å². The van der Waals surface area contributed by atoms with E-state index >= 15 is 0 Å². The Hall–Kier alpha value is -2.27. The van der Waals surface area contributed by atoms with E-state index in [-0.39, 0.29) is 17.7 Å². The minimum absolute atomic E-state index is 0.0931. The molecule has 1 atom stereocenters. The van der Waals surface area contributed by atoms with Crippen LogP contribution < -0.4 is 5.32 Å². The van der Waals surface area contributed by atoms with Gasteiger partial charge in [-0.3, -0.25) is 4.79 Å². The number of hydrogen-bond donors (Lipinski definition) is 1. The molecule has 0 aliphatic carbocycles. The summed E-state index contributed by atoms with van der Waals surface area (Å²) in [7, 11) is 0. The number of ketones is 1. The van der Waals surface area contributed by atoms with Gasteiger partial charge in [-0.15, -0.1) is 11.8 Å². The number of urea groups is 1. The van der Waals surface area contributed by atoms with Crippen LogP contribution >= 0.6 is 11.8 Å². The molecule has 0 aromatic heterocycles. The number of Topliss-reactive ketones (excluding diaryl/α,β-unsaturated/α-hetero) is 1. The van der Waals surface area contributed by atoms with Crippen molar-refractivity contribution in [1.82, 2.24) is 10.2 Å². The molecule has 5 heteroatoms. The molecule has 0 saturated carbocycles. The van der Waals surface area contributed by atoms with Crippen LogP contribution in [0.25, 0.3) is 0 Å². The number of piperidine rings is 1. The van der Waals surface area contributed by atoms with Gasteiger partial charge in [0.05, 0.1) is 0 Å². The summed E-state index contributed by atoms with van der Waals surface area (Å²) < 4.78 is 0. The maximum atomic E-state index is 13.0. The van der Waals surface area contributed by atoms with E-state index in [0.29, 0.717) is 19.6 Å². The number of thioether (sulfide) groups is 1. The van der Waals surface area contributed by atoms with Gasteiger partial charge in [0.15, 0.2) is 5.78 Å². The van der Waals surface area contributed by atoms with Crippen molar-refractivity contribution < 1.29 is 9.59 Å². The highest BCUT2D eigenvalue weighted by Crippen LogP contribution is 2.26. The summed E-state index contributed by atoms with van der Waals surface area (Å²) in [6.07, 6.45) is 3.68. The first-order chi connectivity index (χ1) is 12.7. The maximum absolute atomic E-state index is 13.0. The Morgan fingerprint density at radius 1 is 1.12 bits per heavy atom. The molecule has 0 spiro atoms. The van der Waals surface area contributed by atoms with Crippen molar-refractivity contribution >= 4 is 23.6 Å². The van der Waals surface area contributed by atoms with Gasteiger partial charge in [-0.2, -0.15) is 0 Å². The van der Waals surface area contributed by atoms with Crippen LogP contribution in [0.5, 0.6) is 0 Å². The SMILES string of the molecule is CSc1ccccc1C(=O)[C@@H]1CCCN(C(=O)NCc2ccccc2)C1. The summed E-state index contributed by atoms with van der Waals surface area (Å²) in [6, 6.07) is 17.5. The van der Waals surface area contributed by atoms with Gasteiger partial charge in [-0.25, -0.2) is 4.79 Å². The Morgan fingerprint density at radius 3 is 2.62 bits per heavy atom. The highest BCUT2D eigenvalue weighted by molar-refractivity contribution is 7.98. The fourth-order valence-corrected chi connectivity index (χ4v) is 3.93. The van der Waals surface area contributed by atoms with Crippen LogP contribution in [0.1, 0.15) is 28.8 Å². The van der Waals surface area contributed by atoms with Gasteiger partial charge in [0.1, 0.15) is 0 Å². The largest absolute Gasteiger partial charge is 0.334 e. The summed E-state index contributed by atoms with van der Waals surface area (Å²) in [5.74, 6) is 0.0232. The average molecular weight is 369 g/mol. The maximum Gasteiger partial charge on any atom is 0.317 e. The van der Waals surface area contributed by atoms with E-state index in [1.54, 1.807) is 16.7 Å². The number of amides is 2. The molecule has 1 aliphatic rings. The predicted molar refractivity (Wildman–Crippen MR) is 106 cm³/mol. The summed E-state index contributed by atoms with van der Waals surface area (Å²) in [5.41, 5.74) is 1.84. The third-order valence-electron chi connectivity index (χ3n) is 4.74. The molecule has 2 amide bonds. The molecule has 1 heterocycles. The van der Waals surface area contributed by atoms with Crippen LogP contribution in [0.2, 0.25) is 0 Å². The molecule has 0 bridgehead atoms. The second kappa shape index (κ2) is 8.90. The molecule has 3 rings (SSSR count). The minimum atomic E-state index is -0.125. The lowest BCUT2D eigenvalue weighted by Crippen LogP contribution is -2.46. The van der Waals surface area contributed by atoms with Gasteiger partial charge in [0.2, 0.25) is 0 Å². The zero-order valence-corrected chi connectivity index (χ0v) is 15.8. The van der Waals surface area contributed by atoms with Crippen molar-refractivity contribution in [2.45, 2.75) is 24.3 Å². The van der Waals surface area contributed by atoms with E-state index < -0.39 is 0 Å². The number of hydrogen-bond acceptors (Lipinski definition) is 3. The number of rotatable bonds is 5. The third kappa shape index (κ3) is 4.47. The standard InChI is InChI=1S/C21H24N2O2S/c1-26-19-12-6-5-11-18(19)20(24)17-10-7-13-23(15-17)21(25)22-14-16-8-3-2-4-9-16/h2-6,8-9,11-12,17H,7,10,13-15H2,1H3,(H,22,25)/t17-/m1/s1. The lowest BCUT2D eigenvalue weighted by Gasteiger charge is -2.32. The Labute approximate surface area is 159 Å². The Kier molecular flexibility index (Phi) is 6.34. The summed E-state index contributed by atoms with van der Waals surface area (Å²) in [6.45, 7) is 1.70. The number of carbonyl (C=O) groups is 2. The smallest absolute Gasteiger partial charge is 0.317 e. The Balaban J connectivity index is 1.61. The number of carbonyl (C=O) groups excluding carboxylic acids is 2. The summed E-state index contributed by atoms with van der Waals surface area (Å²) in [5, 5.41) is 2.96. The van der Waals surface area contributed by atoms with Crippen LogP contribution in [0.3, 0.4) is 0 Å². The molecular formula is C21H24N2O2S. The van der Waals surface area contributed by atoms with Crippen molar-refractivity contribution in [3.63, 3.8) is 0 Å². The van der Waals surface area contributed by atoms with Crippen LogP contribution in [0, 0.1) is 5.92 Å². The van der Waals surface area contributed by atoms with E-state index in [1.807, 2.05) is 60.9 Å². The average Bonchev–Trinajstić information content (AvgIpc) is 2.72. The quantitative estimate of drug-likeness (QED) is 0.635. The fraction of sp³-hybridized carbons (Fsp3) is 0.333. The van der Waals surface area contributed by atoms with Gasteiger partial charge in [-0.05, 0) is 30.7 Å². The molecule has 2 aromatic carbocycles. The number of nitrogens with zero attached hydrogens (tertiary/aromatic N) is 1. The topological polar surface area (TPSA) is 49.4 Å². The molecule has 0 radical (unpaired) electrons. The molecule has 4 nitrogen and oxygen atoms in total. The highest BCUT2D eigenvalue weighted by atomic mass is 32.2. The molecule has 0 unspecified atom stereocenters. The zero-order chi connectivity index (χ0) is 18.4. The Morgan fingerprint density at radius 2 is 1.85 bits per heavy atom. The van der Waals surface area contributed by atoms with Crippen LogP contribution in [0.4, 0.5) is 4.79 Å². The monoisotopic (exact) mass is 368 g/mol. The van der Waals surface area contributed by atoms with Crippen molar-refractivity contribution in [1.29, 1.82) is 0 Å². The summed E-state index contributed by atoms with van der Waals surface area (Å²) >= 11 is 1.59. The van der Waals surface area contributed by atoms with Gasteiger partial charge in [-0.1, -0.05) is 48.5 Å². The van der Waals surface area contributed by atoms with E-state index in [1.165, 1.54) is 0 Å². The van der Waals surface area contributed by atoms with Crippen molar-refractivity contribution in [3.05, 3.63) is 65.7 Å². The zero-order valence-electron chi connectivity index (χ0n) is 15.0. The number of benzene rings is 2. The lowest BCUT2D eigenvalue weighted by atomic mass is 9.90. The number of nitrogens with one attached hydrogen (secondary N) is 1.